The highest BCUT2D eigenvalue weighted by Gasteiger charge is 2.42. The number of halogens is 3. The van der Waals surface area contributed by atoms with Crippen molar-refractivity contribution in [1.82, 2.24) is 14.9 Å². The van der Waals surface area contributed by atoms with Crippen molar-refractivity contribution >= 4 is 63.5 Å². The van der Waals surface area contributed by atoms with Gasteiger partial charge in [-0.2, -0.15) is 0 Å². The molecule has 4 atom stereocenters. The fraction of sp³-hybridized carbons (Fsp3) is 0.333. The van der Waals surface area contributed by atoms with Crippen LogP contribution in [0.2, 0.25) is 15.1 Å². The number of hydrogen-bond donors (Lipinski definition) is 1. The Morgan fingerprint density at radius 3 is 2.26 bits per heavy atom. The van der Waals surface area contributed by atoms with Crippen LogP contribution in [0.3, 0.4) is 0 Å². The van der Waals surface area contributed by atoms with E-state index in [0.29, 0.717) is 27.0 Å². The second-order valence-electron chi connectivity index (χ2n) is 11.7. The van der Waals surface area contributed by atoms with Crippen LogP contribution in [-0.4, -0.2) is 27.8 Å². The van der Waals surface area contributed by atoms with Crippen molar-refractivity contribution in [3.63, 3.8) is 0 Å². The quantitative estimate of drug-likeness (QED) is 0.221. The van der Waals surface area contributed by atoms with Gasteiger partial charge in [0, 0.05) is 41.4 Å². The average molecular weight is 639 g/mol. The topological polar surface area (TPSA) is 36.3 Å². The predicted molar refractivity (Wildman–Crippen MR) is 180 cm³/mol. The summed E-state index contributed by atoms with van der Waals surface area (Å²) in [5.74, 6) is 1.26. The highest BCUT2D eigenvalue weighted by Crippen LogP contribution is 2.45. The number of thiocarbonyl (C=S) groups is 1. The largest absolute Gasteiger partial charge is 0.370 e. The fourth-order valence-electron chi connectivity index (χ4n) is 6.83. The normalized spacial score (nSPS) is 22.5. The van der Waals surface area contributed by atoms with Crippen LogP contribution in [0.25, 0.3) is 5.69 Å². The van der Waals surface area contributed by atoms with Gasteiger partial charge < -0.3 is 19.7 Å². The highest BCUT2D eigenvalue weighted by atomic mass is 35.5. The van der Waals surface area contributed by atoms with Crippen molar-refractivity contribution in [1.29, 1.82) is 0 Å². The van der Waals surface area contributed by atoms with Crippen LogP contribution in [0.15, 0.2) is 66.9 Å². The molecule has 2 aliphatic heterocycles. The van der Waals surface area contributed by atoms with E-state index in [0.717, 1.165) is 57.8 Å². The maximum atomic E-state index is 7.03. The summed E-state index contributed by atoms with van der Waals surface area (Å²) in [6.45, 7) is 10.9. The molecule has 4 aromatic rings. The molecule has 0 amide bonds. The Morgan fingerprint density at radius 2 is 1.60 bits per heavy atom. The molecule has 5 nitrogen and oxygen atoms in total. The molecular weight excluding hydrogens is 605 g/mol. The lowest BCUT2D eigenvalue weighted by Crippen LogP contribution is -2.38. The molecule has 2 aliphatic rings. The summed E-state index contributed by atoms with van der Waals surface area (Å²) in [7, 11) is 0. The maximum Gasteiger partial charge on any atom is 0.174 e. The minimum absolute atomic E-state index is 0.171. The van der Waals surface area contributed by atoms with Crippen LogP contribution in [0, 0.1) is 25.7 Å². The van der Waals surface area contributed by atoms with Crippen molar-refractivity contribution in [2.45, 2.75) is 46.2 Å². The van der Waals surface area contributed by atoms with Crippen LogP contribution in [0.5, 0.6) is 0 Å². The SMILES string of the molecule is Cc1cc([C@H]2[C@@H](c3ccccn3)NC(=S)N2c2ccc(N3C[C@H](C)C[C@H](C)C3)c(Cl)c2)c(C)n1-c1ccc(Cl)cc1Cl. The molecule has 0 aliphatic carbocycles. The summed E-state index contributed by atoms with van der Waals surface area (Å²) in [5.41, 5.74) is 7.07. The summed E-state index contributed by atoms with van der Waals surface area (Å²) in [6, 6.07) is 19.8. The van der Waals surface area contributed by atoms with E-state index in [9.17, 15) is 0 Å². The van der Waals surface area contributed by atoms with E-state index in [-0.39, 0.29) is 12.1 Å². The summed E-state index contributed by atoms with van der Waals surface area (Å²) >= 11 is 26.0. The van der Waals surface area contributed by atoms with Gasteiger partial charge in [-0.1, -0.05) is 54.7 Å². The van der Waals surface area contributed by atoms with Crippen LogP contribution < -0.4 is 15.1 Å². The van der Waals surface area contributed by atoms with E-state index in [1.165, 1.54) is 6.42 Å². The molecule has 0 unspecified atom stereocenters. The predicted octanol–water partition coefficient (Wildman–Crippen LogP) is 9.11. The van der Waals surface area contributed by atoms with Gasteiger partial charge in [0.15, 0.2) is 5.11 Å². The molecule has 6 rings (SSSR count). The molecule has 2 saturated heterocycles. The van der Waals surface area contributed by atoms with Gasteiger partial charge in [-0.05, 0) is 104 Å². The molecule has 218 valence electrons. The number of hydrogen-bond acceptors (Lipinski definition) is 3. The summed E-state index contributed by atoms with van der Waals surface area (Å²) in [4.78, 5) is 9.32. The van der Waals surface area contributed by atoms with E-state index in [4.69, 9.17) is 52.0 Å². The van der Waals surface area contributed by atoms with Gasteiger partial charge >= 0.3 is 0 Å². The van der Waals surface area contributed by atoms with Gasteiger partial charge in [-0.15, -0.1) is 0 Å². The molecule has 0 spiro atoms. The number of anilines is 2. The van der Waals surface area contributed by atoms with Crippen molar-refractivity contribution < 1.29 is 0 Å². The van der Waals surface area contributed by atoms with E-state index in [1.807, 2.05) is 36.5 Å². The van der Waals surface area contributed by atoms with E-state index >= 15 is 0 Å². The second-order valence-corrected chi connectivity index (χ2v) is 13.4. The Hall–Kier alpha value is -2.77. The van der Waals surface area contributed by atoms with Crippen LogP contribution in [0.4, 0.5) is 11.4 Å². The summed E-state index contributed by atoms with van der Waals surface area (Å²) < 4.78 is 2.18. The minimum Gasteiger partial charge on any atom is -0.370 e. The maximum absolute atomic E-state index is 7.03. The van der Waals surface area contributed by atoms with Crippen molar-refractivity contribution in [2.75, 3.05) is 22.9 Å². The van der Waals surface area contributed by atoms with Crippen LogP contribution in [-0.2, 0) is 0 Å². The van der Waals surface area contributed by atoms with Gasteiger partial charge in [-0.3, -0.25) is 4.98 Å². The fourth-order valence-corrected chi connectivity index (χ4v) is 7.96. The Morgan fingerprint density at radius 1 is 0.881 bits per heavy atom. The standard InChI is InChI=1S/C33H34Cl3N5S/c1-19-13-20(2)18-39(17-19)29-11-9-24(16-27(29)36)41-32(31(38-33(41)42)28-7-5-6-12-37-28)25-14-21(3)40(22(25)4)30-10-8-23(34)15-26(30)35/h5-12,14-16,19-20,31-32H,13,17-18H2,1-4H3,(H,38,42)/t19-,20+,31-,32+/m1/s1. The molecule has 2 aromatic carbocycles. The van der Waals surface area contributed by atoms with Crippen molar-refractivity contribution in [3.05, 3.63) is 105 Å². The molecule has 4 heterocycles. The molecule has 0 radical (unpaired) electrons. The third kappa shape index (κ3) is 5.39. The van der Waals surface area contributed by atoms with Crippen LogP contribution in [0.1, 0.15) is 55.0 Å². The highest BCUT2D eigenvalue weighted by molar-refractivity contribution is 7.80. The van der Waals surface area contributed by atoms with Gasteiger partial charge in [-0.25, -0.2) is 0 Å². The molecule has 2 fully saturated rings. The third-order valence-corrected chi connectivity index (χ3v) is 9.61. The monoisotopic (exact) mass is 637 g/mol. The molecule has 0 saturated carbocycles. The number of pyridine rings is 1. The van der Waals surface area contributed by atoms with E-state index < -0.39 is 0 Å². The first-order valence-electron chi connectivity index (χ1n) is 14.3. The van der Waals surface area contributed by atoms with Crippen LogP contribution >= 0.6 is 47.0 Å². The Labute approximate surface area is 268 Å². The lowest BCUT2D eigenvalue weighted by atomic mass is 9.91. The number of benzene rings is 2. The molecule has 0 bridgehead atoms. The second kappa shape index (κ2) is 11.7. The smallest absolute Gasteiger partial charge is 0.174 e. The van der Waals surface area contributed by atoms with E-state index in [1.54, 1.807) is 6.07 Å². The number of aromatic nitrogens is 2. The van der Waals surface area contributed by atoms with Gasteiger partial charge in [0.2, 0.25) is 0 Å². The number of nitrogens with one attached hydrogen (secondary N) is 1. The zero-order valence-corrected chi connectivity index (χ0v) is 27.2. The Kier molecular flexibility index (Phi) is 8.18. The van der Waals surface area contributed by atoms with Gasteiger partial charge in [0.25, 0.3) is 0 Å². The first-order valence-corrected chi connectivity index (χ1v) is 15.9. The molecule has 1 N–H and O–H groups in total. The zero-order valence-electron chi connectivity index (χ0n) is 24.1. The third-order valence-electron chi connectivity index (χ3n) is 8.46. The lowest BCUT2D eigenvalue weighted by molar-refractivity contribution is 0.357. The number of aryl methyl sites for hydroxylation is 1. The molecule has 2 aromatic heterocycles. The Bertz CT molecular complexity index is 1630. The first-order chi connectivity index (χ1) is 20.1. The summed E-state index contributed by atoms with van der Waals surface area (Å²) in [5, 5.41) is 6.14. The minimum atomic E-state index is -0.171. The van der Waals surface area contributed by atoms with E-state index in [2.05, 4.69) is 71.6 Å². The van der Waals surface area contributed by atoms with Crippen molar-refractivity contribution in [3.8, 4) is 5.69 Å². The zero-order chi connectivity index (χ0) is 29.7. The number of rotatable bonds is 5. The average Bonchev–Trinajstić information content (AvgIpc) is 3.43. The molecular formula is C33H34Cl3N5S. The van der Waals surface area contributed by atoms with Crippen molar-refractivity contribution in [2.24, 2.45) is 11.8 Å². The molecule has 9 heteroatoms. The van der Waals surface area contributed by atoms with Gasteiger partial charge in [0.05, 0.1) is 39.2 Å². The summed E-state index contributed by atoms with van der Waals surface area (Å²) in [6.07, 6.45) is 3.07. The number of nitrogens with zero attached hydrogens (tertiary/aromatic N) is 4. The molecule has 42 heavy (non-hydrogen) atoms. The lowest BCUT2D eigenvalue weighted by Gasteiger charge is -2.37. The van der Waals surface area contributed by atoms with Gasteiger partial charge in [0.1, 0.15) is 0 Å². The Balaban J connectivity index is 1.45. The first kappa shape index (κ1) is 29.3. The number of piperidine rings is 1.